The van der Waals surface area contributed by atoms with Crippen LogP contribution in [0.25, 0.3) is 9.88 Å². The molecular formula is C21H19N5OS3. The number of benzene rings is 1. The molecule has 1 aromatic carbocycles. The maximum absolute atomic E-state index is 12.8. The van der Waals surface area contributed by atoms with Gasteiger partial charge in [-0.25, -0.2) is 9.97 Å². The van der Waals surface area contributed by atoms with Gasteiger partial charge in [0, 0.05) is 43.1 Å². The zero-order valence-corrected chi connectivity index (χ0v) is 18.5. The van der Waals surface area contributed by atoms with Gasteiger partial charge in [-0.05, 0) is 23.6 Å². The predicted octanol–water partition coefficient (Wildman–Crippen LogP) is 4.91. The minimum Gasteiger partial charge on any atom is -0.366 e. The molecular weight excluding hydrogens is 434 g/mol. The number of aromatic nitrogens is 2. The van der Waals surface area contributed by atoms with Crippen LogP contribution in [0.1, 0.15) is 10.5 Å². The van der Waals surface area contributed by atoms with Crippen LogP contribution in [0, 0.1) is 0 Å². The summed E-state index contributed by atoms with van der Waals surface area (Å²) in [6, 6.07) is 12.0. The van der Waals surface area contributed by atoms with Gasteiger partial charge in [-0.15, -0.1) is 34.0 Å². The maximum atomic E-state index is 12.8. The fraction of sp³-hybridized carbons (Fsp3) is 0.190. The van der Waals surface area contributed by atoms with Crippen LogP contribution in [-0.2, 0) is 0 Å². The first-order chi connectivity index (χ1) is 14.8. The molecule has 0 atom stereocenters. The van der Waals surface area contributed by atoms with Crippen molar-refractivity contribution in [1.29, 1.82) is 0 Å². The number of thiophene rings is 1. The fourth-order valence-electron chi connectivity index (χ4n) is 3.44. The van der Waals surface area contributed by atoms with Crippen LogP contribution in [0.5, 0.6) is 0 Å². The molecule has 1 fully saturated rings. The molecule has 4 heterocycles. The number of thiazole rings is 2. The Balaban J connectivity index is 1.29. The van der Waals surface area contributed by atoms with E-state index in [0.29, 0.717) is 5.69 Å². The van der Waals surface area contributed by atoms with Crippen molar-refractivity contribution < 1.29 is 4.79 Å². The van der Waals surface area contributed by atoms with Gasteiger partial charge in [-0.3, -0.25) is 4.79 Å². The summed E-state index contributed by atoms with van der Waals surface area (Å²) in [5.41, 5.74) is 2.31. The molecule has 152 valence electrons. The first kappa shape index (κ1) is 19.2. The zero-order valence-electron chi connectivity index (χ0n) is 16.0. The highest BCUT2D eigenvalue weighted by Crippen LogP contribution is 2.30. The molecule has 1 saturated heterocycles. The standard InChI is InChI=1S/C21H19N5OS3/c27-19(16-14-30-20(24-16)18-6-3-12-28-18)23-15-4-1-2-5-17(15)25-8-10-26(11-9-25)21-22-7-13-29-21/h1-7,12-14H,8-11H2,(H,23,27). The van der Waals surface area contributed by atoms with E-state index >= 15 is 0 Å². The van der Waals surface area contributed by atoms with Crippen molar-refractivity contribution in [3.05, 3.63) is 64.4 Å². The van der Waals surface area contributed by atoms with E-state index in [4.69, 9.17) is 0 Å². The molecule has 1 aliphatic rings. The van der Waals surface area contributed by atoms with E-state index < -0.39 is 0 Å². The van der Waals surface area contributed by atoms with E-state index in [1.165, 1.54) is 11.3 Å². The molecule has 6 nitrogen and oxygen atoms in total. The van der Waals surface area contributed by atoms with Crippen LogP contribution < -0.4 is 15.1 Å². The Bertz CT molecular complexity index is 1120. The van der Waals surface area contributed by atoms with Gasteiger partial charge < -0.3 is 15.1 Å². The Morgan fingerprint density at radius 2 is 1.77 bits per heavy atom. The van der Waals surface area contributed by atoms with Crippen LogP contribution >= 0.6 is 34.0 Å². The van der Waals surface area contributed by atoms with Crippen molar-refractivity contribution in [3.8, 4) is 9.88 Å². The van der Waals surface area contributed by atoms with Crippen molar-refractivity contribution in [2.75, 3.05) is 41.3 Å². The number of piperazine rings is 1. The number of hydrogen-bond acceptors (Lipinski definition) is 8. The Hall–Kier alpha value is -2.75. The first-order valence-corrected chi connectivity index (χ1v) is 12.2. The third kappa shape index (κ3) is 3.96. The number of carbonyl (C=O) groups excluding carboxylic acids is 1. The number of para-hydroxylation sites is 2. The molecule has 4 aromatic rings. The molecule has 9 heteroatoms. The molecule has 1 aliphatic heterocycles. The van der Waals surface area contributed by atoms with Gasteiger partial charge in [0.15, 0.2) is 5.13 Å². The van der Waals surface area contributed by atoms with Crippen LogP contribution in [-0.4, -0.2) is 42.1 Å². The average molecular weight is 454 g/mol. The van der Waals surface area contributed by atoms with E-state index in [1.807, 2.05) is 52.7 Å². The second-order valence-electron chi connectivity index (χ2n) is 6.78. The Morgan fingerprint density at radius 1 is 0.933 bits per heavy atom. The number of amides is 1. The highest BCUT2D eigenvalue weighted by Gasteiger charge is 2.22. The molecule has 0 bridgehead atoms. The number of nitrogens with one attached hydrogen (secondary N) is 1. The normalized spacial score (nSPS) is 14.1. The van der Waals surface area contributed by atoms with E-state index in [9.17, 15) is 4.79 Å². The van der Waals surface area contributed by atoms with Crippen molar-refractivity contribution in [2.24, 2.45) is 0 Å². The van der Waals surface area contributed by atoms with E-state index in [0.717, 1.165) is 52.6 Å². The van der Waals surface area contributed by atoms with Gasteiger partial charge in [0.2, 0.25) is 0 Å². The molecule has 3 aromatic heterocycles. The summed E-state index contributed by atoms with van der Waals surface area (Å²) >= 11 is 4.79. The Kier molecular flexibility index (Phi) is 5.48. The van der Waals surface area contributed by atoms with Gasteiger partial charge in [0.1, 0.15) is 10.7 Å². The predicted molar refractivity (Wildman–Crippen MR) is 126 cm³/mol. The molecule has 0 radical (unpaired) electrons. The number of hydrogen-bond donors (Lipinski definition) is 1. The minimum atomic E-state index is -0.178. The lowest BCUT2D eigenvalue weighted by atomic mass is 10.2. The number of carbonyl (C=O) groups is 1. The summed E-state index contributed by atoms with van der Waals surface area (Å²) in [6.07, 6.45) is 1.85. The van der Waals surface area contributed by atoms with E-state index in [2.05, 4.69) is 31.2 Å². The Morgan fingerprint density at radius 3 is 2.53 bits per heavy atom. The molecule has 0 unspecified atom stereocenters. The van der Waals surface area contributed by atoms with Crippen molar-refractivity contribution >= 4 is 56.4 Å². The van der Waals surface area contributed by atoms with E-state index in [-0.39, 0.29) is 5.91 Å². The lowest BCUT2D eigenvalue weighted by molar-refractivity contribution is 0.102. The number of anilines is 3. The third-order valence-corrected chi connectivity index (χ3v) is 7.64. The van der Waals surface area contributed by atoms with Crippen molar-refractivity contribution in [1.82, 2.24) is 9.97 Å². The van der Waals surface area contributed by atoms with Crippen LogP contribution in [0.2, 0.25) is 0 Å². The lowest BCUT2D eigenvalue weighted by Gasteiger charge is -2.36. The van der Waals surface area contributed by atoms with Crippen LogP contribution in [0.3, 0.4) is 0 Å². The fourth-order valence-corrected chi connectivity index (χ4v) is 5.75. The number of nitrogens with zero attached hydrogens (tertiary/aromatic N) is 4. The molecule has 0 spiro atoms. The van der Waals surface area contributed by atoms with Gasteiger partial charge in [0.05, 0.1) is 16.3 Å². The molecule has 0 aliphatic carbocycles. The van der Waals surface area contributed by atoms with Crippen molar-refractivity contribution in [2.45, 2.75) is 0 Å². The minimum absolute atomic E-state index is 0.178. The summed E-state index contributed by atoms with van der Waals surface area (Å²) in [7, 11) is 0. The van der Waals surface area contributed by atoms with Crippen LogP contribution in [0.15, 0.2) is 58.7 Å². The van der Waals surface area contributed by atoms with Gasteiger partial charge in [-0.1, -0.05) is 18.2 Å². The second kappa shape index (κ2) is 8.55. The zero-order chi connectivity index (χ0) is 20.3. The highest BCUT2D eigenvalue weighted by molar-refractivity contribution is 7.20. The summed E-state index contributed by atoms with van der Waals surface area (Å²) in [4.78, 5) is 27.5. The monoisotopic (exact) mass is 453 g/mol. The largest absolute Gasteiger partial charge is 0.366 e. The van der Waals surface area contributed by atoms with Crippen molar-refractivity contribution in [3.63, 3.8) is 0 Å². The highest BCUT2D eigenvalue weighted by atomic mass is 32.1. The summed E-state index contributed by atoms with van der Waals surface area (Å²) < 4.78 is 0. The van der Waals surface area contributed by atoms with Crippen LogP contribution in [0.4, 0.5) is 16.5 Å². The topological polar surface area (TPSA) is 61.4 Å². The maximum Gasteiger partial charge on any atom is 0.275 e. The molecule has 1 amide bonds. The van der Waals surface area contributed by atoms with Gasteiger partial charge in [-0.2, -0.15) is 0 Å². The average Bonchev–Trinajstić information content (AvgIpc) is 3.57. The number of rotatable bonds is 5. The summed E-state index contributed by atoms with van der Waals surface area (Å²) in [6.45, 7) is 3.58. The molecule has 30 heavy (non-hydrogen) atoms. The third-order valence-electron chi connectivity index (χ3n) is 4.93. The second-order valence-corrected chi connectivity index (χ2v) is 9.45. The molecule has 1 N–H and O–H groups in total. The summed E-state index contributed by atoms with van der Waals surface area (Å²) in [5.74, 6) is -0.178. The van der Waals surface area contributed by atoms with Gasteiger partial charge >= 0.3 is 0 Å². The lowest BCUT2D eigenvalue weighted by Crippen LogP contribution is -2.46. The van der Waals surface area contributed by atoms with E-state index in [1.54, 1.807) is 22.7 Å². The Labute approximate surface area is 186 Å². The SMILES string of the molecule is O=C(Nc1ccccc1N1CCN(c2nccs2)CC1)c1csc(-c2cccs2)n1. The van der Waals surface area contributed by atoms with Gasteiger partial charge in [0.25, 0.3) is 5.91 Å². The quantitative estimate of drug-likeness (QED) is 0.465. The smallest absolute Gasteiger partial charge is 0.275 e. The first-order valence-electron chi connectivity index (χ1n) is 9.57. The summed E-state index contributed by atoms with van der Waals surface area (Å²) in [5, 5.41) is 10.9. The molecule has 0 saturated carbocycles. The molecule has 5 rings (SSSR count).